The average molecular weight is 566 g/mol. The lowest BCUT2D eigenvalue weighted by molar-refractivity contribution is -0.146. The van der Waals surface area contributed by atoms with Gasteiger partial charge in [0.25, 0.3) is 5.91 Å². The van der Waals surface area contributed by atoms with Crippen molar-refractivity contribution in [1.29, 1.82) is 0 Å². The Labute approximate surface area is 226 Å². The Kier molecular flexibility index (Phi) is 6.75. The molecule has 13 heteroatoms. The summed E-state index contributed by atoms with van der Waals surface area (Å²) < 4.78 is 43.6. The molecule has 1 aromatic rings. The molecule has 0 spiro atoms. The predicted molar refractivity (Wildman–Crippen MR) is 133 cm³/mol. The van der Waals surface area contributed by atoms with Crippen molar-refractivity contribution < 1.29 is 48.0 Å². The first-order valence-electron chi connectivity index (χ1n) is 13.2. The summed E-state index contributed by atoms with van der Waals surface area (Å²) in [6, 6.07) is -1.05. The minimum Gasteiger partial charge on any atom is -0.510 e. The number of phenols is 1. The zero-order chi connectivity index (χ0) is 29.3. The van der Waals surface area contributed by atoms with E-state index in [0.717, 1.165) is 6.07 Å². The van der Waals surface area contributed by atoms with Crippen LogP contribution in [0.1, 0.15) is 65.7 Å². The van der Waals surface area contributed by atoms with E-state index in [4.69, 9.17) is 5.73 Å². The molecule has 1 amide bonds. The van der Waals surface area contributed by atoms with E-state index in [1.807, 2.05) is 0 Å². The number of fused-ring (bicyclic) bond motifs is 3. The van der Waals surface area contributed by atoms with Crippen LogP contribution in [-0.2, 0) is 22.2 Å². The summed E-state index contributed by atoms with van der Waals surface area (Å²) in [4.78, 5) is 39.1. The number of aliphatic hydroxyl groups excluding tert-OH is 2. The summed E-state index contributed by atoms with van der Waals surface area (Å²) >= 11 is 0. The van der Waals surface area contributed by atoms with E-state index in [2.05, 4.69) is 10.6 Å². The van der Waals surface area contributed by atoms with Crippen molar-refractivity contribution in [3.63, 3.8) is 0 Å². The highest BCUT2D eigenvalue weighted by Crippen LogP contribution is 2.54. The topological polar surface area (TPSA) is 182 Å². The number of halogens is 3. The molecule has 5 atom stereocenters. The molecule has 1 unspecified atom stereocenters. The van der Waals surface area contributed by atoms with E-state index < -0.39 is 105 Å². The van der Waals surface area contributed by atoms with E-state index in [-0.39, 0.29) is 18.5 Å². The van der Waals surface area contributed by atoms with E-state index >= 15 is 0 Å². The van der Waals surface area contributed by atoms with Gasteiger partial charge in [0.15, 0.2) is 11.4 Å². The maximum Gasteiger partial charge on any atom is 0.417 e. The Bertz CT molecular complexity index is 1380. The smallest absolute Gasteiger partial charge is 0.417 e. The molecule has 0 saturated carbocycles. The fraction of sp³-hybridized carbons (Fsp3) is 0.519. The molecule has 216 valence electrons. The summed E-state index contributed by atoms with van der Waals surface area (Å²) in [6.07, 6.45) is -4.04. The van der Waals surface area contributed by atoms with Crippen molar-refractivity contribution in [3.8, 4) is 5.75 Å². The third-order valence-corrected chi connectivity index (χ3v) is 8.57. The number of rotatable bonds is 5. The Hall–Kier alpha value is -3.42. The van der Waals surface area contributed by atoms with E-state index in [1.54, 1.807) is 6.92 Å². The molecule has 1 aromatic carbocycles. The fourth-order valence-electron chi connectivity index (χ4n) is 6.87. The summed E-state index contributed by atoms with van der Waals surface area (Å²) in [7, 11) is 0. The van der Waals surface area contributed by atoms with Crippen LogP contribution in [0, 0.1) is 11.8 Å². The second-order valence-corrected chi connectivity index (χ2v) is 10.8. The van der Waals surface area contributed by atoms with Crippen LogP contribution in [-0.4, -0.2) is 62.6 Å². The Morgan fingerprint density at radius 3 is 2.52 bits per heavy atom. The van der Waals surface area contributed by atoms with Crippen LogP contribution < -0.4 is 16.4 Å². The predicted octanol–water partition coefficient (Wildman–Crippen LogP) is 2.00. The number of primary amides is 1. The first-order chi connectivity index (χ1) is 18.7. The molecule has 1 fully saturated rings. The number of nitrogens with one attached hydrogen (secondary N) is 2. The number of carbonyl (C=O) groups is 3. The lowest BCUT2D eigenvalue weighted by Crippen LogP contribution is -2.64. The van der Waals surface area contributed by atoms with Crippen molar-refractivity contribution in [2.75, 3.05) is 13.1 Å². The number of carbonyl (C=O) groups excluding carboxylic acids is 3. The molecule has 8 N–H and O–H groups in total. The number of allylic oxidation sites excluding steroid dienone is 1. The van der Waals surface area contributed by atoms with Crippen LogP contribution in [0.2, 0.25) is 0 Å². The number of hydrogen-bond acceptors (Lipinski definition) is 9. The summed E-state index contributed by atoms with van der Waals surface area (Å²) in [5.74, 6) is -8.96. The normalized spacial score (nSPS) is 30.3. The average Bonchev–Trinajstić information content (AvgIpc) is 3.40. The fourth-order valence-corrected chi connectivity index (χ4v) is 6.87. The summed E-state index contributed by atoms with van der Waals surface area (Å²) in [6.45, 7) is 2.53. The van der Waals surface area contributed by atoms with Gasteiger partial charge in [-0.15, -0.1) is 0 Å². The number of ketones is 2. The molecule has 10 nitrogen and oxygen atoms in total. The second-order valence-electron chi connectivity index (χ2n) is 10.8. The number of hydrogen-bond donors (Lipinski definition) is 7. The molecule has 1 aliphatic heterocycles. The lowest BCUT2D eigenvalue weighted by atomic mass is 9.58. The molecule has 3 aliphatic carbocycles. The molecule has 0 radical (unpaired) electrons. The number of nitrogens with two attached hydrogens (primary N) is 1. The first kappa shape index (κ1) is 28.1. The van der Waals surface area contributed by atoms with Gasteiger partial charge < -0.3 is 36.8 Å². The largest absolute Gasteiger partial charge is 0.510 e. The van der Waals surface area contributed by atoms with Crippen LogP contribution in [0.25, 0.3) is 0 Å². The van der Waals surface area contributed by atoms with Gasteiger partial charge in [-0.3, -0.25) is 14.4 Å². The molecule has 40 heavy (non-hydrogen) atoms. The van der Waals surface area contributed by atoms with Crippen LogP contribution in [0.4, 0.5) is 13.2 Å². The molecule has 0 bridgehead atoms. The second kappa shape index (κ2) is 9.60. The van der Waals surface area contributed by atoms with Crippen LogP contribution in [0.5, 0.6) is 5.75 Å². The lowest BCUT2D eigenvalue weighted by Gasteiger charge is -2.49. The number of aliphatic hydroxyl groups is 3. The van der Waals surface area contributed by atoms with Crippen molar-refractivity contribution in [1.82, 2.24) is 10.6 Å². The number of alkyl halides is 3. The monoisotopic (exact) mass is 565 g/mol. The van der Waals surface area contributed by atoms with E-state index in [9.17, 15) is 48.0 Å². The highest BCUT2D eigenvalue weighted by molar-refractivity contribution is 6.24. The maximum atomic E-state index is 14.5. The Balaban J connectivity index is 1.72. The van der Waals surface area contributed by atoms with Gasteiger partial charge in [0.1, 0.15) is 22.8 Å². The van der Waals surface area contributed by atoms with Gasteiger partial charge in [0.2, 0.25) is 5.78 Å². The Morgan fingerprint density at radius 1 is 1.25 bits per heavy atom. The molecule has 1 saturated heterocycles. The quantitative estimate of drug-likeness (QED) is 0.263. The maximum absolute atomic E-state index is 14.5. The highest BCUT2D eigenvalue weighted by Gasteiger charge is 2.63. The SMILES string of the molecule is CCCN[C@@H]1C(O)=C(C(N)=O)C(=O)[C@@]2(O)C(O)=C3C(=O)c4c(O)cc(C5CCCN5)c(C(F)(F)F)c4C[C@H]3C[C@@H]12. The van der Waals surface area contributed by atoms with E-state index in [1.165, 1.54) is 0 Å². The minimum atomic E-state index is -4.88. The Morgan fingerprint density at radius 2 is 1.95 bits per heavy atom. The zero-order valence-electron chi connectivity index (χ0n) is 21.6. The van der Waals surface area contributed by atoms with Crippen molar-refractivity contribution in [3.05, 3.63) is 51.0 Å². The van der Waals surface area contributed by atoms with Crippen LogP contribution in [0.15, 0.2) is 28.7 Å². The molecular formula is C27H30F3N3O7. The van der Waals surface area contributed by atoms with Crippen molar-refractivity contribution in [2.24, 2.45) is 17.6 Å². The van der Waals surface area contributed by atoms with Crippen molar-refractivity contribution >= 4 is 17.5 Å². The minimum absolute atomic E-state index is 0.181. The van der Waals surface area contributed by atoms with E-state index in [0.29, 0.717) is 25.8 Å². The van der Waals surface area contributed by atoms with Crippen LogP contribution in [0.3, 0.4) is 0 Å². The molecule has 1 heterocycles. The molecular weight excluding hydrogens is 535 g/mol. The highest BCUT2D eigenvalue weighted by atomic mass is 19.4. The van der Waals surface area contributed by atoms with Gasteiger partial charge in [-0.05, 0) is 68.3 Å². The molecule has 0 aromatic heterocycles. The number of Topliss-reactive ketones (excluding diaryl/α,β-unsaturated/α-hetero) is 2. The summed E-state index contributed by atoms with van der Waals surface area (Å²) in [5, 5.41) is 50.4. The van der Waals surface area contributed by atoms with Gasteiger partial charge >= 0.3 is 6.18 Å². The third kappa shape index (κ3) is 3.93. The summed E-state index contributed by atoms with van der Waals surface area (Å²) in [5.41, 5.74) is -1.33. The van der Waals surface area contributed by atoms with Gasteiger partial charge in [-0.1, -0.05) is 6.92 Å². The number of amides is 1. The number of phenolic OH excluding ortho intramolecular Hbond substituents is 1. The van der Waals surface area contributed by atoms with Gasteiger partial charge in [0.05, 0.1) is 17.2 Å². The zero-order valence-corrected chi connectivity index (χ0v) is 21.6. The first-order valence-corrected chi connectivity index (χ1v) is 13.2. The molecule has 4 aliphatic rings. The van der Waals surface area contributed by atoms with Crippen LogP contribution >= 0.6 is 0 Å². The van der Waals surface area contributed by atoms with Gasteiger partial charge in [-0.25, -0.2) is 0 Å². The van der Waals surface area contributed by atoms with Gasteiger partial charge in [-0.2, -0.15) is 13.2 Å². The van der Waals surface area contributed by atoms with Gasteiger partial charge in [0, 0.05) is 17.5 Å². The standard InChI is InChI=1S/C27H30F3N3O7/c1-2-5-33-20-13-8-10-7-12-17(15(34)9-11(14-4-3-6-32-14)19(12)27(28,29)30)21(35)16(10)23(37)26(13,40)24(38)18(22(20)36)25(31)39/h9-10,13-14,20,32-34,36-37,40H,2-8H2,1H3,(H2,31,39)/t10-,13-,14?,20-,26-/m0/s1. The number of aromatic hydroxyl groups is 1. The van der Waals surface area contributed by atoms with Crippen molar-refractivity contribution in [2.45, 2.75) is 62.9 Å². The molecule has 5 rings (SSSR count). The third-order valence-electron chi connectivity index (χ3n) is 8.57. The number of benzene rings is 1.